The quantitative estimate of drug-likeness (QED) is 0.694. The average Bonchev–Trinajstić information content (AvgIpc) is 3.17. The maximum absolute atomic E-state index is 4.63. The number of allylic oxidation sites excluding steroid dienone is 4. The Balaban J connectivity index is 1.80. The lowest BCUT2D eigenvalue weighted by atomic mass is 10.0. The van der Waals surface area contributed by atoms with E-state index in [4.69, 9.17) is 0 Å². The van der Waals surface area contributed by atoms with Gasteiger partial charge in [-0.3, -0.25) is 4.99 Å². The molecule has 0 amide bonds. The molecule has 18 heavy (non-hydrogen) atoms. The Morgan fingerprint density at radius 1 is 1.22 bits per heavy atom. The van der Waals surface area contributed by atoms with E-state index in [-0.39, 0.29) is 0 Å². The van der Waals surface area contributed by atoms with Crippen LogP contribution in [0.4, 0.5) is 0 Å². The Morgan fingerprint density at radius 3 is 2.72 bits per heavy atom. The van der Waals surface area contributed by atoms with Crippen LogP contribution < -0.4 is 0 Å². The van der Waals surface area contributed by atoms with Gasteiger partial charge in [0.25, 0.3) is 0 Å². The molecule has 2 atom stereocenters. The second-order valence-corrected chi connectivity index (χ2v) is 5.05. The molecule has 0 radical (unpaired) electrons. The highest BCUT2D eigenvalue weighted by atomic mass is 14.8. The lowest BCUT2D eigenvalue weighted by Crippen LogP contribution is -1.99. The first-order valence-corrected chi connectivity index (χ1v) is 6.44. The van der Waals surface area contributed by atoms with E-state index in [0.29, 0.717) is 0 Å². The molecule has 0 bridgehead atoms. The van der Waals surface area contributed by atoms with Crippen LogP contribution in [0.15, 0.2) is 65.7 Å². The van der Waals surface area contributed by atoms with Crippen molar-refractivity contribution in [2.75, 3.05) is 0 Å². The van der Waals surface area contributed by atoms with E-state index in [9.17, 15) is 0 Å². The van der Waals surface area contributed by atoms with Gasteiger partial charge in [0.1, 0.15) is 0 Å². The molecule has 90 valence electrons. The summed E-state index contributed by atoms with van der Waals surface area (Å²) in [5.41, 5.74) is 4.23. The SMILES string of the molecule is C=C(/N=C(\C)C1=C[C@H]2CC2C=C1)c1ccccc1. The number of hydrogen-bond acceptors (Lipinski definition) is 1. The highest BCUT2D eigenvalue weighted by Gasteiger charge is 2.35. The molecule has 0 N–H and O–H groups in total. The Morgan fingerprint density at radius 2 is 2.00 bits per heavy atom. The Labute approximate surface area is 108 Å². The second kappa shape index (κ2) is 4.41. The summed E-state index contributed by atoms with van der Waals surface area (Å²) in [6.45, 7) is 6.11. The van der Waals surface area contributed by atoms with Gasteiger partial charge in [-0.25, -0.2) is 0 Å². The minimum Gasteiger partial charge on any atom is -0.253 e. The molecular weight excluding hydrogens is 218 g/mol. The van der Waals surface area contributed by atoms with Crippen molar-refractivity contribution in [3.8, 4) is 0 Å². The average molecular weight is 235 g/mol. The van der Waals surface area contributed by atoms with E-state index in [0.717, 1.165) is 28.8 Å². The van der Waals surface area contributed by atoms with E-state index in [1.165, 1.54) is 12.0 Å². The van der Waals surface area contributed by atoms with Crippen molar-refractivity contribution in [3.63, 3.8) is 0 Å². The summed E-state index contributed by atoms with van der Waals surface area (Å²) in [7, 11) is 0. The minimum absolute atomic E-state index is 0.764. The standard InChI is InChI=1S/C17H17N/c1-12(14-6-4-3-5-7-14)18-13(2)15-8-9-16-11-17(16)10-15/h3-10,16-17H,1,11H2,2H3/b18-13+/t16?,17-/m0/s1. The van der Waals surface area contributed by atoms with Gasteiger partial charge in [0, 0.05) is 5.71 Å². The third-order valence-corrected chi connectivity index (χ3v) is 3.64. The van der Waals surface area contributed by atoms with Gasteiger partial charge < -0.3 is 0 Å². The summed E-state index contributed by atoms with van der Waals surface area (Å²) in [6, 6.07) is 10.1. The highest BCUT2D eigenvalue weighted by Crippen LogP contribution is 2.44. The molecule has 1 unspecified atom stereocenters. The molecule has 1 saturated carbocycles. The number of benzene rings is 1. The molecule has 1 heteroatoms. The van der Waals surface area contributed by atoms with Crippen molar-refractivity contribution in [3.05, 3.63) is 66.3 Å². The van der Waals surface area contributed by atoms with Gasteiger partial charge in [-0.1, -0.05) is 55.1 Å². The van der Waals surface area contributed by atoms with Crippen LogP contribution in [0.5, 0.6) is 0 Å². The first-order valence-electron chi connectivity index (χ1n) is 6.44. The molecule has 1 aromatic carbocycles. The van der Waals surface area contributed by atoms with Crippen molar-refractivity contribution < 1.29 is 0 Å². The van der Waals surface area contributed by atoms with Crippen LogP contribution in [0.3, 0.4) is 0 Å². The highest BCUT2D eigenvalue weighted by molar-refractivity contribution is 6.03. The van der Waals surface area contributed by atoms with Gasteiger partial charge in [-0.05, 0) is 36.3 Å². The fourth-order valence-corrected chi connectivity index (χ4v) is 2.37. The van der Waals surface area contributed by atoms with Gasteiger partial charge in [-0.2, -0.15) is 0 Å². The Kier molecular flexibility index (Phi) is 2.75. The summed E-state index contributed by atoms with van der Waals surface area (Å²) >= 11 is 0. The molecule has 0 aromatic heterocycles. The van der Waals surface area contributed by atoms with Gasteiger partial charge >= 0.3 is 0 Å². The summed E-state index contributed by atoms with van der Waals surface area (Å²) < 4.78 is 0. The van der Waals surface area contributed by atoms with Crippen molar-refractivity contribution in [1.82, 2.24) is 0 Å². The molecule has 2 aliphatic rings. The van der Waals surface area contributed by atoms with Crippen LogP contribution in [0.2, 0.25) is 0 Å². The van der Waals surface area contributed by atoms with Crippen molar-refractivity contribution in [1.29, 1.82) is 0 Å². The van der Waals surface area contributed by atoms with E-state index in [1.807, 2.05) is 30.3 Å². The van der Waals surface area contributed by atoms with Crippen molar-refractivity contribution in [2.24, 2.45) is 16.8 Å². The van der Waals surface area contributed by atoms with Gasteiger partial charge in [0.15, 0.2) is 0 Å². The lowest BCUT2D eigenvalue weighted by Gasteiger charge is -2.07. The Hall–Kier alpha value is -1.89. The van der Waals surface area contributed by atoms with Gasteiger partial charge in [0.2, 0.25) is 0 Å². The molecule has 1 aromatic rings. The predicted molar refractivity (Wildman–Crippen MR) is 77.4 cm³/mol. The zero-order valence-electron chi connectivity index (χ0n) is 10.6. The van der Waals surface area contributed by atoms with Crippen molar-refractivity contribution in [2.45, 2.75) is 13.3 Å². The Bertz CT molecular complexity index is 561. The lowest BCUT2D eigenvalue weighted by molar-refractivity contribution is 0.973. The fraction of sp³-hybridized carbons (Fsp3) is 0.235. The molecular formula is C17H17N. The van der Waals surface area contributed by atoms with E-state index < -0.39 is 0 Å². The topological polar surface area (TPSA) is 12.4 Å². The van der Waals surface area contributed by atoms with Crippen LogP contribution in [0.25, 0.3) is 5.70 Å². The first kappa shape index (κ1) is 11.2. The van der Waals surface area contributed by atoms with Crippen LogP contribution >= 0.6 is 0 Å². The van der Waals surface area contributed by atoms with Gasteiger partial charge in [0.05, 0.1) is 5.70 Å². The normalized spacial score (nSPS) is 25.4. The van der Waals surface area contributed by atoms with Crippen molar-refractivity contribution >= 4 is 11.4 Å². The minimum atomic E-state index is 0.764. The molecule has 0 saturated heterocycles. The van der Waals surface area contributed by atoms with E-state index in [2.05, 4.69) is 36.7 Å². The van der Waals surface area contributed by atoms with Crippen LogP contribution in [-0.2, 0) is 0 Å². The predicted octanol–water partition coefficient (Wildman–Crippen LogP) is 4.25. The monoisotopic (exact) mass is 235 g/mol. The molecule has 0 heterocycles. The summed E-state index contributed by atoms with van der Waals surface area (Å²) in [5, 5.41) is 0. The molecule has 1 fully saturated rings. The maximum atomic E-state index is 4.63. The number of aliphatic imine (C=N–C) groups is 1. The van der Waals surface area contributed by atoms with Gasteiger partial charge in [-0.15, -0.1) is 0 Å². The zero-order valence-corrected chi connectivity index (χ0v) is 10.6. The van der Waals surface area contributed by atoms with E-state index in [1.54, 1.807) is 0 Å². The third kappa shape index (κ3) is 2.21. The number of rotatable bonds is 3. The largest absolute Gasteiger partial charge is 0.253 e. The van der Waals surface area contributed by atoms with Crippen LogP contribution in [0, 0.1) is 11.8 Å². The molecule has 3 rings (SSSR count). The maximum Gasteiger partial charge on any atom is 0.0633 e. The molecule has 1 nitrogen and oxygen atoms in total. The number of nitrogens with zero attached hydrogens (tertiary/aromatic N) is 1. The summed E-state index contributed by atoms with van der Waals surface area (Å²) in [6.07, 6.45) is 8.17. The number of fused-ring (bicyclic) bond motifs is 1. The van der Waals surface area contributed by atoms with E-state index >= 15 is 0 Å². The second-order valence-electron chi connectivity index (χ2n) is 5.05. The summed E-state index contributed by atoms with van der Waals surface area (Å²) in [5.74, 6) is 1.57. The summed E-state index contributed by atoms with van der Waals surface area (Å²) in [4.78, 5) is 4.63. The zero-order chi connectivity index (χ0) is 12.5. The molecule has 0 spiro atoms. The van der Waals surface area contributed by atoms with Crippen LogP contribution in [0.1, 0.15) is 18.9 Å². The fourth-order valence-electron chi connectivity index (χ4n) is 2.37. The molecule has 0 aliphatic heterocycles. The third-order valence-electron chi connectivity index (χ3n) is 3.64. The first-order chi connectivity index (χ1) is 8.74. The smallest absolute Gasteiger partial charge is 0.0633 e. The molecule has 2 aliphatic carbocycles. The van der Waals surface area contributed by atoms with Crippen LogP contribution in [-0.4, -0.2) is 5.71 Å². The number of hydrogen-bond donors (Lipinski definition) is 0.